The largest absolute Gasteiger partial charge is 0.424 e. The van der Waals surface area contributed by atoms with Gasteiger partial charge < -0.3 is 4.74 Å². The molecule has 0 radical (unpaired) electrons. The number of halogens is 1. The smallest absolute Gasteiger partial charge is 0.348 e. The van der Waals surface area contributed by atoms with E-state index >= 15 is 0 Å². The number of carbonyl (C=O) groups is 1. The molecule has 0 saturated heterocycles. The summed E-state index contributed by atoms with van der Waals surface area (Å²) in [4.78, 5) is 12.5. The van der Waals surface area contributed by atoms with Crippen molar-refractivity contribution in [1.82, 2.24) is 0 Å². The van der Waals surface area contributed by atoms with Crippen LogP contribution in [0.2, 0.25) is 0 Å². The summed E-state index contributed by atoms with van der Waals surface area (Å²) in [7, 11) is 0. The molecule has 0 aliphatic carbocycles. The Morgan fingerprint density at radius 2 is 1.10 bits per heavy atom. The first-order valence-corrected chi connectivity index (χ1v) is 16.1. The van der Waals surface area contributed by atoms with Gasteiger partial charge in [0, 0.05) is 0 Å². The van der Waals surface area contributed by atoms with Crippen molar-refractivity contribution in [3.05, 3.63) is 78.4 Å². The van der Waals surface area contributed by atoms with Gasteiger partial charge in [-0.3, -0.25) is 0 Å². The van der Waals surface area contributed by atoms with Gasteiger partial charge in [-0.15, -0.1) is 0 Å². The van der Waals surface area contributed by atoms with E-state index in [1.54, 1.807) is 12.1 Å². The van der Waals surface area contributed by atoms with Gasteiger partial charge in [0.15, 0.2) is 0 Å². The number of benzene rings is 3. The first kappa shape index (κ1) is 32.6. The van der Waals surface area contributed by atoms with E-state index in [0.29, 0.717) is 12.2 Å². The van der Waals surface area contributed by atoms with Crippen LogP contribution >= 0.6 is 0 Å². The number of aryl methyl sites for hydroxylation is 1. The van der Waals surface area contributed by atoms with Gasteiger partial charge in [0.05, 0.1) is 0 Å². The normalized spacial score (nSPS) is 12.7. The highest BCUT2D eigenvalue weighted by Crippen LogP contribution is 2.33. The molecule has 3 rings (SSSR count). The van der Waals surface area contributed by atoms with Crippen molar-refractivity contribution in [1.29, 1.82) is 0 Å². The zero-order valence-electron chi connectivity index (χ0n) is 25.7. The average molecular weight is 559 g/mol. The van der Waals surface area contributed by atoms with Gasteiger partial charge >= 0.3 is 5.97 Å². The Balaban J connectivity index is 1.55. The van der Waals surface area contributed by atoms with Gasteiger partial charge in [-0.2, -0.15) is 0 Å². The van der Waals surface area contributed by atoms with Crippen LogP contribution in [0, 0.1) is 0 Å². The summed E-state index contributed by atoms with van der Waals surface area (Å²) >= 11 is 0. The van der Waals surface area contributed by atoms with Crippen molar-refractivity contribution in [3.63, 3.8) is 0 Å². The van der Waals surface area contributed by atoms with Crippen LogP contribution in [-0.2, 0) is 11.2 Å². The lowest BCUT2D eigenvalue weighted by Crippen LogP contribution is -2.34. The molecule has 222 valence electrons. The minimum absolute atomic E-state index is 0.193. The minimum Gasteiger partial charge on any atom is -0.424 e. The summed E-state index contributed by atoms with van der Waals surface area (Å²) in [6.45, 7) is 5.75. The number of hydrogen-bond acceptors (Lipinski definition) is 2. The summed E-state index contributed by atoms with van der Waals surface area (Å²) in [6, 6.07) is 24.7. The van der Waals surface area contributed by atoms with Gasteiger partial charge in [-0.1, -0.05) is 145 Å². The fourth-order valence-corrected chi connectivity index (χ4v) is 5.38. The first-order valence-electron chi connectivity index (χ1n) is 16.1. The van der Waals surface area contributed by atoms with Crippen molar-refractivity contribution in [2.75, 3.05) is 0 Å². The molecule has 0 amide bonds. The Labute approximate surface area is 248 Å². The van der Waals surface area contributed by atoms with Crippen LogP contribution in [0.25, 0.3) is 22.3 Å². The Kier molecular flexibility index (Phi) is 14.1. The van der Waals surface area contributed by atoms with Crippen LogP contribution in [0.15, 0.2) is 72.8 Å². The maximum absolute atomic E-state index is 15.0. The predicted octanol–water partition coefficient (Wildman–Crippen LogP) is 11.7. The molecule has 0 spiro atoms. The van der Waals surface area contributed by atoms with Crippen LogP contribution in [0.3, 0.4) is 0 Å². The van der Waals surface area contributed by atoms with Crippen LogP contribution < -0.4 is 4.74 Å². The maximum Gasteiger partial charge on any atom is 0.348 e. The second-order valence-corrected chi connectivity index (χ2v) is 11.7. The molecule has 3 aromatic carbocycles. The molecule has 3 aromatic rings. The molecule has 0 bridgehead atoms. The SMILES string of the molecule is CCCCCCCCCCc1ccc(-c2ccccc2-c2ccc(OC(=O)C(C)(F)CCCCCCC)cc2)cc1. The molecule has 1 unspecified atom stereocenters. The first-order chi connectivity index (χ1) is 19.9. The summed E-state index contributed by atoms with van der Waals surface area (Å²) in [5.74, 6) is -0.440. The molecule has 41 heavy (non-hydrogen) atoms. The molecule has 0 N–H and O–H groups in total. The monoisotopic (exact) mass is 558 g/mol. The van der Waals surface area contributed by atoms with Crippen LogP contribution in [0.5, 0.6) is 5.75 Å². The van der Waals surface area contributed by atoms with E-state index in [9.17, 15) is 9.18 Å². The molecule has 0 fully saturated rings. The Morgan fingerprint density at radius 1 is 0.634 bits per heavy atom. The molecule has 0 aliphatic heterocycles. The van der Waals surface area contributed by atoms with Crippen LogP contribution in [0.1, 0.15) is 116 Å². The summed E-state index contributed by atoms with van der Waals surface area (Å²) in [5.41, 5.74) is 3.91. The van der Waals surface area contributed by atoms with Crippen molar-refractivity contribution < 1.29 is 13.9 Å². The second-order valence-electron chi connectivity index (χ2n) is 11.7. The van der Waals surface area contributed by atoms with Gasteiger partial charge in [-0.25, -0.2) is 9.18 Å². The minimum atomic E-state index is -1.97. The summed E-state index contributed by atoms with van der Waals surface area (Å²) in [5, 5.41) is 0. The summed E-state index contributed by atoms with van der Waals surface area (Å²) in [6.07, 6.45) is 17.0. The fraction of sp³-hybridized carbons (Fsp3) is 0.500. The highest BCUT2D eigenvalue weighted by atomic mass is 19.1. The molecule has 1 atom stereocenters. The zero-order valence-corrected chi connectivity index (χ0v) is 25.7. The number of carbonyl (C=O) groups excluding carboxylic acids is 1. The Bertz CT molecular complexity index is 1150. The van der Waals surface area contributed by atoms with Crippen LogP contribution in [-0.4, -0.2) is 11.6 Å². The third-order valence-corrected chi connectivity index (χ3v) is 8.06. The van der Waals surface area contributed by atoms with Crippen LogP contribution in [0.4, 0.5) is 4.39 Å². The lowest BCUT2D eigenvalue weighted by atomic mass is 9.93. The molecule has 3 heteroatoms. The third-order valence-electron chi connectivity index (χ3n) is 8.06. The lowest BCUT2D eigenvalue weighted by Gasteiger charge is -2.18. The molecular formula is C38H51FO2. The maximum atomic E-state index is 15.0. The van der Waals surface area contributed by atoms with Gasteiger partial charge in [0.25, 0.3) is 0 Å². The summed E-state index contributed by atoms with van der Waals surface area (Å²) < 4.78 is 20.4. The molecule has 0 aliphatic rings. The van der Waals surface area contributed by atoms with E-state index in [-0.39, 0.29) is 6.42 Å². The van der Waals surface area contributed by atoms with E-state index in [4.69, 9.17) is 4.74 Å². The quantitative estimate of drug-likeness (QED) is 0.0831. The predicted molar refractivity (Wildman–Crippen MR) is 172 cm³/mol. The van der Waals surface area contributed by atoms with Crippen molar-refractivity contribution in [2.24, 2.45) is 0 Å². The average Bonchev–Trinajstić information content (AvgIpc) is 2.99. The van der Waals surface area contributed by atoms with Gasteiger partial charge in [0.1, 0.15) is 5.75 Å². The topological polar surface area (TPSA) is 26.3 Å². The molecular weight excluding hydrogens is 507 g/mol. The van der Waals surface area contributed by atoms with Gasteiger partial charge in [-0.05, 0) is 72.6 Å². The van der Waals surface area contributed by atoms with Gasteiger partial charge in [0.2, 0.25) is 5.67 Å². The zero-order chi connectivity index (χ0) is 29.3. The number of unbranched alkanes of at least 4 members (excludes halogenated alkanes) is 11. The van der Waals surface area contributed by atoms with Crippen molar-refractivity contribution in [3.8, 4) is 28.0 Å². The molecule has 0 heterocycles. The highest BCUT2D eigenvalue weighted by Gasteiger charge is 2.34. The highest BCUT2D eigenvalue weighted by molar-refractivity contribution is 5.84. The lowest BCUT2D eigenvalue weighted by molar-refractivity contribution is -0.147. The van der Waals surface area contributed by atoms with E-state index in [2.05, 4.69) is 56.3 Å². The number of hydrogen-bond donors (Lipinski definition) is 0. The van der Waals surface area contributed by atoms with E-state index < -0.39 is 11.6 Å². The molecule has 2 nitrogen and oxygen atoms in total. The van der Waals surface area contributed by atoms with Crippen molar-refractivity contribution >= 4 is 5.97 Å². The van der Waals surface area contributed by atoms with E-state index in [1.807, 2.05) is 18.2 Å². The van der Waals surface area contributed by atoms with E-state index in [1.165, 1.54) is 69.4 Å². The number of alkyl halides is 1. The van der Waals surface area contributed by atoms with Crippen molar-refractivity contribution in [2.45, 2.75) is 123 Å². The number of rotatable bonds is 19. The fourth-order valence-electron chi connectivity index (χ4n) is 5.38. The molecule has 0 saturated carbocycles. The Morgan fingerprint density at radius 3 is 1.63 bits per heavy atom. The third kappa shape index (κ3) is 11.1. The van der Waals surface area contributed by atoms with E-state index in [0.717, 1.165) is 48.8 Å². The second kappa shape index (κ2) is 17.8. The molecule has 0 aromatic heterocycles. The Hall–Kier alpha value is -2.94. The number of esters is 1. The standard InChI is InChI=1S/C38H51FO2/c1-4-6-8-10-11-12-13-15-19-31-22-24-32(25-23-31)35-20-16-17-21-36(35)33-26-28-34(29-27-33)41-37(40)38(3,39)30-18-14-9-7-5-2/h16-17,20-29H,4-15,18-19,30H2,1-3H3. The number of ether oxygens (including phenoxy) is 1.